The van der Waals surface area contributed by atoms with E-state index in [9.17, 15) is 19.3 Å². The van der Waals surface area contributed by atoms with Gasteiger partial charge in [0.2, 0.25) is 0 Å². The van der Waals surface area contributed by atoms with Crippen molar-refractivity contribution in [1.82, 2.24) is 14.6 Å². The summed E-state index contributed by atoms with van der Waals surface area (Å²) < 4.78 is 29.2. The van der Waals surface area contributed by atoms with Crippen LogP contribution in [0.25, 0.3) is 0 Å². The number of hydrogen-bond donors (Lipinski definition) is 3. The zero-order chi connectivity index (χ0) is 17.9. The number of aromatic amines is 1. The van der Waals surface area contributed by atoms with E-state index in [1.807, 2.05) is 0 Å². The highest BCUT2D eigenvalue weighted by atomic mass is 31.2. The van der Waals surface area contributed by atoms with Crippen LogP contribution in [0.5, 0.6) is 0 Å². The Hall–Kier alpha value is -1.29. The Morgan fingerprint density at radius 2 is 2.25 bits per heavy atom. The topological polar surface area (TPSA) is 132 Å². The first-order valence-electron chi connectivity index (χ1n) is 7.47. The van der Waals surface area contributed by atoms with E-state index in [2.05, 4.69) is 10.1 Å². The molecular formula is C13H22N3O7P. The lowest BCUT2D eigenvalue weighted by Gasteiger charge is -2.22. The van der Waals surface area contributed by atoms with E-state index in [0.29, 0.717) is 0 Å². The third-order valence-electron chi connectivity index (χ3n) is 3.43. The molecular weight excluding hydrogens is 341 g/mol. The number of aliphatic hydroxyl groups is 1. The molecule has 2 heterocycles. The summed E-state index contributed by atoms with van der Waals surface area (Å²) in [5.41, 5.74) is -1.15. The van der Waals surface area contributed by atoms with Crippen molar-refractivity contribution in [3.05, 3.63) is 33.1 Å². The summed E-state index contributed by atoms with van der Waals surface area (Å²) in [5, 5.41) is 12.8. The molecule has 0 saturated carbocycles. The van der Waals surface area contributed by atoms with Gasteiger partial charge in [0.1, 0.15) is 12.3 Å². The summed E-state index contributed by atoms with van der Waals surface area (Å²) >= 11 is 0. The zero-order valence-electron chi connectivity index (χ0n) is 13.7. The second kappa shape index (κ2) is 7.73. The van der Waals surface area contributed by atoms with Crippen LogP contribution in [-0.4, -0.2) is 46.6 Å². The summed E-state index contributed by atoms with van der Waals surface area (Å²) in [5.74, 6) is 0. The van der Waals surface area contributed by atoms with Crippen molar-refractivity contribution in [1.29, 1.82) is 0 Å². The molecule has 0 aliphatic carbocycles. The maximum absolute atomic E-state index is 12.3. The Morgan fingerprint density at radius 3 is 2.83 bits per heavy atom. The van der Waals surface area contributed by atoms with Gasteiger partial charge in [-0.1, -0.05) is 0 Å². The van der Waals surface area contributed by atoms with Crippen molar-refractivity contribution >= 4 is 7.75 Å². The largest absolute Gasteiger partial charge is 0.405 e. The highest BCUT2D eigenvalue weighted by Gasteiger charge is 2.37. The van der Waals surface area contributed by atoms with Gasteiger partial charge >= 0.3 is 13.4 Å². The number of ether oxygens (including phenoxy) is 1. The Labute approximate surface area is 138 Å². The first-order valence-corrected chi connectivity index (χ1v) is 9.01. The summed E-state index contributed by atoms with van der Waals surface area (Å²) in [6, 6.07) is 1.06. The highest BCUT2D eigenvalue weighted by molar-refractivity contribution is 7.51. The third kappa shape index (κ3) is 4.62. The molecule has 4 atom stereocenters. The highest BCUT2D eigenvalue weighted by Crippen LogP contribution is 2.44. The average Bonchev–Trinajstić information content (AvgIpc) is 2.85. The molecule has 0 bridgehead atoms. The first-order chi connectivity index (χ1) is 11.2. The van der Waals surface area contributed by atoms with Crippen LogP contribution in [0.1, 0.15) is 26.5 Å². The molecule has 1 aliphatic rings. The van der Waals surface area contributed by atoms with E-state index in [0.717, 1.165) is 0 Å². The molecule has 0 amide bonds. The number of hydrogen-bond acceptors (Lipinski definition) is 7. The quantitative estimate of drug-likeness (QED) is 0.575. The van der Waals surface area contributed by atoms with Crippen LogP contribution in [0.15, 0.2) is 21.9 Å². The summed E-state index contributed by atoms with van der Waals surface area (Å²) in [7, 11) is -2.25. The van der Waals surface area contributed by atoms with E-state index in [4.69, 9.17) is 13.8 Å². The molecule has 1 aromatic heterocycles. The van der Waals surface area contributed by atoms with Crippen LogP contribution >= 0.6 is 7.75 Å². The van der Waals surface area contributed by atoms with Crippen LogP contribution in [0, 0.1) is 0 Å². The molecule has 0 radical (unpaired) electrons. The Morgan fingerprint density at radius 1 is 1.54 bits per heavy atom. The van der Waals surface area contributed by atoms with Gasteiger partial charge in [-0.2, -0.15) is 0 Å². The molecule has 1 aromatic rings. The lowest BCUT2D eigenvalue weighted by Crippen LogP contribution is -2.32. The van der Waals surface area contributed by atoms with Crippen molar-refractivity contribution in [2.45, 2.75) is 44.7 Å². The lowest BCUT2D eigenvalue weighted by molar-refractivity contribution is -0.0433. The molecule has 3 N–H and O–H groups in total. The summed E-state index contributed by atoms with van der Waals surface area (Å²) in [6.45, 7) is 3.39. The van der Waals surface area contributed by atoms with Crippen LogP contribution in [-0.2, 0) is 18.3 Å². The predicted octanol–water partition coefficient (Wildman–Crippen LogP) is -0.0459. The molecule has 1 unspecified atom stereocenters. The van der Waals surface area contributed by atoms with Gasteiger partial charge in [-0.25, -0.2) is 14.4 Å². The van der Waals surface area contributed by atoms with Crippen LogP contribution in [0.2, 0.25) is 0 Å². The molecule has 24 heavy (non-hydrogen) atoms. The van der Waals surface area contributed by atoms with E-state index < -0.39 is 37.4 Å². The van der Waals surface area contributed by atoms with Crippen molar-refractivity contribution < 1.29 is 23.5 Å². The van der Waals surface area contributed by atoms with Gasteiger partial charge in [0, 0.05) is 31.8 Å². The molecule has 10 nitrogen and oxygen atoms in total. The monoisotopic (exact) mass is 363 g/mol. The average molecular weight is 363 g/mol. The fraction of sp³-hybridized carbons (Fsp3) is 0.692. The standard InChI is InChI=1S/C13H22N3O7P/c1-8(2)15-24(20,21-3)22-7-10-9(17)6-12(23-10)16-5-4-11(18)14-13(16)19/h4-5,8-10,12,17H,6-7H2,1-3H3,(H,15,20)(H,14,18,19)/t9-,10+,12+,24?/m0/s1. The molecule has 0 aromatic carbocycles. The van der Waals surface area contributed by atoms with Gasteiger partial charge in [0.25, 0.3) is 5.56 Å². The Balaban J connectivity index is 2.02. The third-order valence-corrected chi connectivity index (χ3v) is 5.23. The SMILES string of the molecule is COP(=O)(NC(C)C)OC[C@H]1O[C@@H](n2ccc(=O)[nH]c2=O)C[C@@H]1O. The molecule has 136 valence electrons. The number of nitrogens with one attached hydrogen (secondary N) is 2. The fourth-order valence-electron chi connectivity index (χ4n) is 2.32. The Kier molecular flexibility index (Phi) is 6.13. The molecule has 1 saturated heterocycles. The maximum Gasteiger partial charge on any atom is 0.405 e. The smallest absolute Gasteiger partial charge is 0.390 e. The molecule has 1 aliphatic heterocycles. The van der Waals surface area contributed by atoms with Gasteiger partial charge in [-0.15, -0.1) is 0 Å². The summed E-state index contributed by atoms with van der Waals surface area (Å²) in [4.78, 5) is 25.0. The lowest BCUT2D eigenvalue weighted by atomic mass is 10.2. The molecule has 11 heteroatoms. The van der Waals surface area contributed by atoms with E-state index in [1.54, 1.807) is 13.8 Å². The normalized spacial score (nSPS) is 26.6. The van der Waals surface area contributed by atoms with Crippen molar-refractivity contribution in [2.75, 3.05) is 13.7 Å². The predicted molar refractivity (Wildman–Crippen MR) is 84.7 cm³/mol. The van der Waals surface area contributed by atoms with Crippen LogP contribution in [0.4, 0.5) is 0 Å². The van der Waals surface area contributed by atoms with Crippen molar-refractivity contribution in [2.24, 2.45) is 0 Å². The number of aromatic nitrogens is 2. The van der Waals surface area contributed by atoms with Gasteiger partial charge in [-0.3, -0.25) is 18.9 Å². The minimum atomic E-state index is -3.50. The number of rotatable bonds is 7. The zero-order valence-corrected chi connectivity index (χ0v) is 14.6. The first kappa shape index (κ1) is 19.0. The van der Waals surface area contributed by atoms with Crippen LogP contribution < -0.4 is 16.3 Å². The number of nitrogens with zero attached hydrogens (tertiary/aromatic N) is 1. The van der Waals surface area contributed by atoms with Gasteiger partial charge in [0.15, 0.2) is 0 Å². The second-order valence-corrected chi connectivity index (χ2v) is 7.59. The Bertz CT molecular complexity index is 716. The number of H-pyrrole nitrogens is 1. The van der Waals surface area contributed by atoms with Gasteiger partial charge < -0.3 is 14.4 Å². The second-order valence-electron chi connectivity index (χ2n) is 5.71. The van der Waals surface area contributed by atoms with Crippen molar-refractivity contribution in [3.8, 4) is 0 Å². The van der Waals surface area contributed by atoms with E-state index in [1.165, 1.54) is 23.9 Å². The minimum Gasteiger partial charge on any atom is -0.390 e. The fourth-order valence-corrected chi connectivity index (χ4v) is 3.58. The minimum absolute atomic E-state index is 0.127. The van der Waals surface area contributed by atoms with E-state index in [-0.39, 0.29) is 19.1 Å². The van der Waals surface area contributed by atoms with Crippen molar-refractivity contribution in [3.63, 3.8) is 0 Å². The maximum atomic E-state index is 12.3. The van der Waals surface area contributed by atoms with Crippen LogP contribution in [0.3, 0.4) is 0 Å². The molecule has 2 rings (SSSR count). The summed E-state index contributed by atoms with van der Waals surface area (Å²) in [6.07, 6.45) is -1.03. The van der Waals surface area contributed by atoms with Gasteiger partial charge in [0.05, 0.1) is 12.7 Å². The molecule has 1 fully saturated rings. The molecule has 0 spiro atoms. The number of aliphatic hydroxyl groups excluding tert-OH is 1. The van der Waals surface area contributed by atoms with E-state index >= 15 is 0 Å². The van der Waals surface area contributed by atoms with Gasteiger partial charge in [-0.05, 0) is 13.8 Å².